The van der Waals surface area contributed by atoms with Crippen molar-refractivity contribution >= 4 is 11.8 Å². The zero-order valence-corrected chi connectivity index (χ0v) is 10.6. The summed E-state index contributed by atoms with van der Waals surface area (Å²) < 4.78 is 5.55. The van der Waals surface area contributed by atoms with Crippen LogP contribution in [-0.4, -0.2) is 48.5 Å². The molecule has 0 saturated carbocycles. The molecule has 0 bridgehead atoms. The Hall–Kier alpha value is 0.230. The van der Waals surface area contributed by atoms with E-state index < -0.39 is 0 Å². The largest absolute Gasteiger partial charge is 0.394 e. The summed E-state index contributed by atoms with van der Waals surface area (Å²) in [4.78, 5) is 0. The average molecular weight is 233 g/mol. The van der Waals surface area contributed by atoms with E-state index in [9.17, 15) is 5.11 Å². The lowest BCUT2D eigenvalue weighted by atomic mass is 10.0. The summed E-state index contributed by atoms with van der Waals surface area (Å²) in [5.74, 6) is 2.18. The van der Waals surface area contributed by atoms with Gasteiger partial charge in [-0.2, -0.15) is 11.8 Å². The zero-order chi connectivity index (χ0) is 11.1. The van der Waals surface area contributed by atoms with E-state index in [1.54, 1.807) is 0 Å². The monoisotopic (exact) mass is 233 g/mol. The lowest BCUT2D eigenvalue weighted by molar-refractivity contribution is 0.129. The maximum Gasteiger partial charge on any atom is 0.0666 e. The molecule has 3 nitrogen and oxygen atoms in total. The van der Waals surface area contributed by atoms with Gasteiger partial charge in [0, 0.05) is 17.9 Å². The Bertz CT molecular complexity index is 168. The first-order chi connectivity index (χ1) is 7.20. The highest BCUT2D eigenvalue weighted by molar-refractivity contribution is 7.99. The second kappa shape index (κ2) is 6.74. The number of aliphatic hydroxyl groups excluding tert-OH is 1. The molecule has 0 aromatic carbocycles. The van der Waals surface area contributed by atoms with Crippen molar-refractivity contribution in [1.82, 2.24) is 5.32 Å². The molecule has 1 aliphatic heterocycles. The number of aliphatic hydroxyl groups is 1. The third-order valence-electron chi connectivity index (χ3n) is 3.08. The highest BCUT2D eigenvalue weighted by Gasteiger charge is 2.21. The lowest BCUT2D eigenvalue weighted by Crippen LogP contribution is -2.43. The van der Waals surface area contributed by atoms with Crippen LogP contribution in [0.5, 0.6) is 0 Å². The topological polar surface area (TPSA) is 41.5 Å². The van der Waals surface area contributed by atoms with Crippen LogP contribution in [0.1, 0.15) is 26.2 Å². The fraction of sp³-hybridized carbons (Fsp3) is 1.00. The van der Waals surface area contributed by atoms with Gasteiger partial charge in [0.25, 0.3) is 0 Å². The SMILES string of the molecule is CNC(C)(CO)CCSCC1CCCO1. The predicted octanol–water partition coefficient (Wildman–Crippen LogP) is 1.26. The van der Waals surface area contributed by atoms with Crippen LogP contribution in [0, 0.1) is 0 Å². The first kappa shape index (κ1) is 13.3. The molecule has 4 heteroatoms. The van der Waals surface area contributed by atoms with Gasteiger partial charge in [-0.05, 0) is 39.0 Å². The molecule has 2 atom stereocenters. The minimum atomic E-state index is -0.121. The molecule has 1 fully saturated rings. The number of hydrogen-bond donors (Lipinski definition) is 2. The van der Waals surface area contributed by atoms with Gasteiger partial charge >= 0.3 is 0 Å². The van der Waals surface area contributed by atoms with E-state index in [4.69, 9.17) is 4.74 Å². The van der Waals surface area contributed by atoms with Crippen molar-refractivity contribution in [3.63, 3.8) is 0 Å². The minimum absolute atomic E-state index is 0.121. The van der Waals surface area contributed by atoms with E-state index in [1.165, 1.54) is 12.8 Å². The molecular formula is C11H23NO2S. The predicted molar refractivity (Wildman–Crippen MR) is 65.5 cm³/mol. The van der Waals surface area contributed by atoms with Crippen molar-refractivity contribution in [2.45, 2.75) is 37.8 Å². The Morgan fingerprint density at radius 1 is 1.60 bits per heavy atom. The van der Waals surface area contributed by atoms with Crippen LogP contribution < -0.4 is 5.32 Å². The number of hydrogen-bond acceptors (Lipinski definition) is 4. The second-order valence-electron chi connectivity index (χ2n) is 4.43. The van der Waals surface area contributed by atoms with E-state index in [1.807, 2.05) is 18.8 Å². The molecule has 2 unspecified atom stereocenters. The fourth-order valence-electron chi connectivity index (χ4n) is 1.57. The van der Waals surface area contributed by atoms with Gasteiger partial charge in [-0.1, -0.05) is 0 Å². The maximum atomic E-state index is 9.20. The summed E-state index contributed by atoms with van der Waals surface area (Å²) in [5, 5.41) is 12.4. The molecule has 0 aromatic rings. The average Bonchev–Trinajstić information content (AvgIpc) is 2.77. The normalized spacial score (nSPS) is 25.4. The van der Waals surface area contributed by atoms with Crippen molar-refractivity contribution < 1.29 is 9.84 Å². The minimum Gasteiger partial charge on any atom is -0.394 e. The number of likely N-dealkylation sites (N-methyl/N-ethyl adjacent to an activating group) is 1. The van der Waals surface area contributed by atoms with Crippen molar-refractivity contribution in [3.8, 4) is 0 Å². The fourth-order valence-corrected chi connectivity index (χ4v) is 2.86. The molecule has 1 heterocycles. The van der Waals surface area contributed by atoms with Crippen molar-refractivity contribution in [2.75, 3.05) is 31.8 Å². The van der Waals surface area contributed by atoms with Crippen LogP contribution in [0.25, 0.3) is 0 Å². The van der Waals surface area contributed by atoms with Gasteiger partial charge in [0.2, 0.25) is 0 Å². The van der Waals surface area contributed by atoms with Crippen molar-refractivity contribution in [2.24, 2.45) is 0 Å². The molecule has 0 aromatic heterocycles. The Morgan fingerprint density at radius 2 is 2.40 bits per heavy atom. The van der Waals surface area contributed by atoms with E-state index in [-0.39, 0.29) is 12.1 Å². The van der Waals surface area contributed by atoms with Crippen LogP contribution in [0.2, 0.25) is 0 Å². The molecule has 1 aliphatic rings. The molecule has 1 rings (SSSR count). The molecule has 0 radical (unpaired) electrons. The summed E-state index contributed by atoms with van der Waals surface area (Å²) in [6.45, 7) is 3.19. The quantitative estimate of drug-likeness (QED) is 0.650. The standard InChI is InChI=1S/C11H23NO2S/c1-11(9-13,12-2)5-7-15-8-10-4-3-6-14-10/h10,12-13H,3-9H2,1-2H3. The van der Waals surface area contributed by atoms with Crippen LogP contribution in [0.3, 0.4) is 0 Å². The molecule has 2 N–H and O–H groups in total. The van der Waals surface area contributed by atoms with Gasteiger partial charge in [-0.15, -0.1) is 0 Å². The van der Waals surface area contributed by atoms with Gasteiger partial charge < -0.3 is 15.2 Å². The van der Waals surface area contributed by atoms with Gasteiger partial charge in [0.1, 0.15) is 0 Å². The van der Waals surface area contributed by atoms with E-state index in [0.717, 1.165) is 24.5 Å². The van der Waals surface area contributed by atoms with Crippen LogP contribution >= 0.6 is 11.8 Å². The van der Waals surface area contributed by atoms with Crippen molar-refractivity contribution in [1.29, 1.82) is 0 Å². The number of ether oxygens (including phenoxy) is 1. The van der Waals surface area contributed by atoms with Crippen LogP contribution in [0.4, 0.5) is 0 Å². The van der Waals surface area contributed by atoms with Gasteiger partial charge in [0.05, 0.1) is 12.7 Å². The smallest absolute Gasteiger partial charge is 0.0666 e. The Morgan fingerprint density at radius 3 is 2.93 bits per heavy atom. The van der Waals surface area contributed by atoms with E-state index in [2.05, 4.69) is 12.2 Å². The van der Waals surface area contributed by atoms with E-state index in [0.29, 0.717) is 6.10 Å². The highest BCUT2D eigenvalue weighted by Crippen LogP contribution is 2.19. The molecule has 90 valence electrons. The Labute approximate surface area is 97.0 Å². The number of rotatable bonds is 7. The second-order valence-corrected chi connectivity index (χ2v) is 5.58. The summed E-state index contributed by atoms with van der Waals surface area (Å²) in [5.41, 5.74) is -0.121. The van der Waals surface area contributed by atoms with Crippen LogP contribution in [0.15, 0.2) is 0 Å². The third-order valence-corrected chi connectivity index (χ3v) is 4.18. The molecule has 15 heavy (non-hydrogen) atoms. The molecule has 1 saturated heterocycles. The van der Waals surface area contributed by atoms with Crippen LogP contribution in [-0.2, 0) is 4.74 Å². The molecule has 0 amide bonds. The maximum absolute atomic E-state index is 9.20. The van der Waals surface area contributed by atoms with Crippen molar-refractivity contribution in [3.05, 3.63) is 0 Å². The van der Waals surface area contributed by atoms with Gasteiger partial charge in [-0.3, -0.25) is 0 Å². The van der Waals surface area contributed by atoms with Gasteiger partial charge in [-0.25, -0.2) is 0 Å². The Balaban J connectivity index is 2.04. The summed E-state index contributed by atoms with van der Waals surface area (Å²) in [6.07, 6.45) is 3.91. The summed E-state index contributed by atoms with van der Waals surface area (Å²) in [7, 11) is 1.90. The first-order valence-electron chi connectivity index (χ1n) is 5.69. The summed E-state index contributed by atoms with van der Waals surface area (Å²) in [6, 6.07) is 0. The third kappa shape index (κ3) is 4.72. The van der Waals surface area contributed by atoms with Gasteiger partial charge in [0.15, 0.2) is 0 Å². The highest BCUT2D eigenvalue weighted by atomic mass is 32.2. The zero-order valence-electron chi connectivity index (χ0n) is 9.79. The number of thioether (sulfide) groups is 1. The molecular weight excluding hydrogens is 210 g/mol. The summed E-state index contributed by atoms with van der Waals surface area (Å²) >= 11 is 1.93. The lowest BCUT2D eigenvalue weighted by Gasteiger charge is -2.26. The number of nitrogens with one attached hydrogen (secondary N) is 1. The first-order valence-corrected chi connectivity index (χ1v) is 6.85. The molecule has 0 spiro atoms. The van der Waals surface area contributed by atoms with E-state index >= 15 is 0 Å². The molecule has 0 aliphatic carbocycles. The Kier molecular flexibility index (Phi) is 5.97.